The minimum absolute atomic E-state index is 0.0384. The van der Waals surface area contributed by atoms with Crippen LogP contribution >= 0.6 is 0 Å². The standard InChI is InChI=1S/C9H20O4/c1-9(13,5-7-11)4-2-8(12)3-6-10/h8,10-13H,2-7H2,1H3. The van der Waals surface area contributed by atoms with Crippen LogP contribution in [0, 0.1) is 0 Å². The molecule has 13 heavy (non-hydrogen) atoms. The Hall–Kier alpha value is -0.160. The Bertz CT molecular complexity index is 125. The lowest BCUT2D eigenvalue weighted by Gasteiger charge is -2.23. The molecule has 0 aromatic carbocycles. The van der Waals surface area contributed by atoms with Crippen molar-refractivity contribution in [3.8, 4) is 0 Å². The van der Waals surface area contributed by atoms with Crippen LogP contribution in [-0.2, 0) is 0 Å². The molecule has 0 amide bonds. The largest absolute Gasteiger partial charge is 0.396 e. The first-order valence-corrected chi connectivity index (χ1v) is 4.64. The molecule has 0 heterocycles. The molecular formula is C9H20O4. The van der Waals surface area contributed by atoms with Crippen LogP contribution in [0.4, 0.5) is 0 Å². The van der Waals surface area contributed by atoms with E-state index in [0.29, 0.717) is 25.7 Å². The van der Waals surface area contributed by atoms with Crippen LogP contribution in [0.15, 0.2) is 0 Å². The van der Waals surface area contributed by atoms with Crippen molar-refractivity contribution < 1.29 is 20.4 Å². The van der Waals surface area contributed by atoms with Crippen molar-refractivity contribution in [2.45, 2.75) is 44.3 Å². The molecule has 80 valence electrons. The van der Waals surface area contributed by atoms with Crippen molar-refractivity contribution in [2.24, 2.45) is 0 Å². The van der Waals surface area contributed by atoms with E-state index in [1.54, 1.807) is 6.92 Å². The average Bonchev–Trinajstić information content (AvgIpc) is 2.02. The van der Waals surface area contributed by atoms with Gasteiger partial charge in [-0.25, -0.2) is 0 Å². The molecule has 4 heteroatoms. The lowest BCUT2D eigenvalue weighted by Crippen LogP contribution is -2.27. The average molecular weight is 192 g/mol. The summed E-state index contributed by atoms with van der Waals surface area (Å²) in [6.45, 7) is 1.54. The zero-order valence-corrected chi connectivity index (χ0v) is 8.11. The molecule has 0 aliphatic heterocycles. The second-order valence-electron chi connectivity index (χ2n) is 3.68. The molecule has 0 saturated carbocycles. The molecule has 0 bridgehead atoms. The highest BCUT2D eigenvalue weighted by molar-refractivity contribution is 4.73. The van der Waals surface area contributed by atoms with Gasteiger partial charge in [0.2, 0.25) is 0 Å². The minimum Gasteiger partial charge on any atom is -0.396 e. The van der Waals surface area contributed by atoms with Gasteiger partial charge >= 0.3 is 0 Å². The third kappa shape index (κ3) is 6.95. The Morgan fingerprint density at radius 1 is 1.08 bits per heavy atom. The Morgan fingerprint density at radius 2 is 1.69 bits per heavy atom. The van der Waals surface area contributed by atoms with Crippen molar-refractivity contribution in [3.05, 3.63) is 0 Å². The van der Waals surface area contributed by atoms with E-state index in [4.69, 9.17) is 10.2 Å². The molecule has 2 atom stereocenters. The summed E-state index contributed by atoms with van der Waals surface area (Å²) >= 11 is 0. The molecule has 2 unspecified atom stereocenters. The van der Waals surface area contributed by atoms with Crippen LogP contribution in [-0.4, -0.2) is 45.3 Å². The van der Waals surface area contributed by atoms with Gasteiger partial charge in [0.25, 0.3) is 0 Å². The van der Waals surface area contributed by atoms with Gasteiger partial charge in [-0.3, -0.25) is 0 Å². The molecule has 0 saturated heterocycles. The normalized spacial score (nSPS) is 18.2. The Balaban J connectivity index is 3.60. The summed E-state index contributed by atoms with van der Waals surface area (Å²) in [5, 5.41) is 36.0. The van der Waals surface area contributed by atoms with Gasteiger partial charge in [0.05, 0.1) is 11.7 Å². The maximum Gasteiger partial charge on any atom is 0.0642 e. The summed E-state index contributed by atoms with van der Waals surface area (Å²) in [5.74, 6) is 0. The van der Waals surface area contributed by atoms with Crippen LogP contribution in [0.5, 0.6) is 0 Å². The number of hydrogen-bond donors (Lipinski definition) is 4. The van der Waals surface area contributed by atoms with E-state index >= 15 is 0 Å². The second kappa shape index (κ2) is 6.32. The van der Waals surface area contributed by atoms with Gasteiger partial charge in [0.1, 0.15) is 0 Å². The zero-order chi connectivity index (χ0) is 10.3. The van der Waals surface area contributed by atoms with E-state index < -0.39 is 11.7 Å². The topological polar surface area (TPSA) is 80.9 Å². The van der Waals surface area contributed by atoms with Crippen LogP contribution < -0.4 is 0 Å². The van der Waals surface area contributed by atoms with Gasteiger partial charge in [-0.2, -0.15) is 0 Å². The van der Waals surface area contributed by atoms with Gasteiger partial charge in [-0.15, -0.1) is 0 Å². The second-order valence-corrected chi connectivity index (χ2v) is 3.68. The fourth-order valence-corrected chi connectivity index (χ4v) is 1.14. The third-order valence-electron chi connectivity index (χ3n) is 2.13. The SMILES string of the molecule is CC(O)(CCO)CCC(O)CCO. The van der Waals surface area contributed by atoms with Crippen LogP contribution in [0.25, 0.3) is 0 Å². The summed E-state index contributed by atoms with van der Waals surface area (Å²) in [7, 11) is 0. The van der Waals surface area contributed by atoms with E-state index in [1.165, 1.54) is 0 Å². The fraction of sp³-hybridized carbons (Fsp3) is 1.00. The van der Waals surface area contributed by atoms with Crippen molar-refractivity contribution in [1.29, 1.82) is 0 Å². The monoisotopic (exact) mass is 192 g/mol. The Morgan fingerprint density at radius 3 is 2.15 bits per heavy atom. The summed E-state index contributed by atoms with van der Waals surface area (Å²) in [4.78, 5) is 0. The predicted octanol–water partition coefficient (Wildman–Crippen LogP) is -0.357. The molecular weight excluding hydrogens is 172 g/mol. The molecule has 0 rings (SSSR count). The summed E-state index contributed by atoms with van der Waals surface area (Å²) in [6.07, 6.45) is 0.992. The maximum atomic E-state index is 9.60. The molecule has 0 radical (unpaired) electrons. The Labute approximate surface area is 78.8 Å². The highest BCUT2D eigenvalue weighted by Crippen LogP contribution is 2.17. The first-order valence-electron chi connectivity index (χ1n) is 4.64. The van der Waals surface area contributed by atoms with Crippen molar-refractivity contribution in [3.63, 3.8) is 0 Å². The van der Waals surface area contributed by atoms with Crippen LogP contribution in [0.2, 0.25) is 0 Å². The zero-order valence-electron chi connectivity index (χ0n) is 8.11. The number of hydrogen-bond acceptors (Lipinski definition) is 4. The number of aliphatic hydroxyl groups is 4. The smallest absolute Gasteiger partial charge is 0.0642 e. The van der Waals surface area contributed by atoms with Gasteiger partial charge < -0.3 is 20.4 Å². The highest BCUT2D eigenvalue weighted by atomic mass is 16.3. The fourth-order valence-electron chi connectivity index (χ4n) is 1.14. The van der Waals surface area contributed by atoms with Crippen LogP contribution in [0.3, 0.4) is 0 Å². The van der Waals surface area contributed by atoms with E-state index in [0.717, 1.165) is 0 Å². The van der Waals surface area contributed by atoms with E-state index in [1.807, 2.05) is 0 Å². The number of rotatable bonds is 7. The van der Waals surface area contributed by atoms with E-state index in [2.05, 4.69) is 0 Å². The van der Waals surface area contributed by atoms with Gasteiger partial charge in [-0.1, -0.05) is 0 Å². The lowest BCUT2D eigenvalue weighted by atomic mass is 9.94. The molecule has 4 N–H and O–H groups in total. The highest BCUT2D eigenvalue weighted by Gasteiger charge is 2.20. The van der Waals surface area contributed by atoms with Gasteiger partial charge in [0, 0.05) is 13.2 Å². The molecule has 0 aliphatic carbocycles. The first-order chi connectivity index (χ1) is 6.02. The van der Waals surface area contributed by atoms with Crippen molar-refractivity contribution in [2.75, 3.05) is 13.2 Å². The first kappa shape index (κ1) is 12.8. The summed E-state index contributed by atoms with van der Waals surface area (Å²) in [5.41, 5.74) is -0.912. The van der Waals surface area contributed by atoms with Crippen LogP contribution in [0.1, 0.15) is 32.6 Å². The van der Waals surface area contributed by atoms with Gasteiger partial charge in [0.15, 0.2) is 0 Å². The summed E-state index contributed by atoms with van der Waals surface area (Å²) in [6, 6.07) is 0. The van der Waals surface area contributed by atoms with Crippen molar-refractivity contribution in [1.82, 2.24) is 0 Å². The van der Waals surface area contributed by atoms with E-state index in [9.17, 15) is 10.2 Å². The third-order valence-corrected chi connectivity index (χ3v) is 2.13. The minimum atomic E-state index is -0.912. The summed E-state index contributed by atoms with van der Waals surface area (Å²) < 4.78 is 0. The molecule has 0 aromatic rings. The lowest BCUT2D eigenvalue weighted by molar-refractivity contribution is 0.00844. The Kier molecular flexibility index (Phi) is 6.24. The molecule has 0 spiro atoms. The van der Waals surface area contributed by atoms with Gasteiger partial charge in [-0.05, 0) is 32.6 Å². The molecule has 0 aliphatic rings. The predicted molar refractivity (Wildman–Crippen MR) is 49.3 cm³/mol. The quantitative estimate of drug-likeness (QED) is 0.444. The molecule has 0 fully saturated rings. The van der Waals surface area contributed by atoms with E-state index in [-0.39, 0.29) is 13.2 Å². The number of aliphatic hydroxyl groups excluding tert-OH is 3. The van der Waals surface area contributed by atoms with Crippen molar-refractivity contribution >= 4 is 0 Å². The molecule has 4 nitrogen and oxygen atoms in total. The molecule has 0 aromatic heterocycles. The maximum absolute atomic E-state index is 9.60.